The van der Waals surface area contributed by atoms with Crippen LogP contribution in [0.4, 0.5) is 5.82 Å². The zero-order valence-electron chi connectivity index (χ0n) is 20.4. The minimum absolute atomic E-state index is 0.165. The normalized spacial score (nSPS) is 16.0. The van der Waals surface area contributed by atoms with E-state index in [1.165, 1.54) is 0 Å². The van der Waals surface area contributed by atoms with Crippen LogP contribution < -0.4 is 11.1 Å². The van der Waals surface area contributed by atoms with Gasteiger partial charge >= 0.3 is 0 Å². The summed E-state index contributed by atoms with van der Waals surface area (Å²) in [5.74, 6) is 1.85. The lowest BCUT2D eigenvalue weighted by atomic mass is 10.1. The van der Waals surface area contributed by atoms with Crippen LogP contribution in [-0.2, 0) is 33.9 Å². The highest BCUT2D eigenvalue weighted by atomic mass is 16.5. The van der Waals surface area contributed by atoms with Gasteiger partial charge in [-0.15, -0.1) is 0 Å². The van der Waals surface area contributed by atoms with Gasteiger partial charge in [-0.25, -0.2) is 9.97 Å². The second-order valence-electron chi connectivity index (χ2n) is 9.52. The fourth-order valence-corrected chi connectivity index (χ4v) is 4.88. The Kier molecular flexibility index (Phi) is 6.86. The van der Waals surface area contributed by atoms with Crippen molar-refractivity contribution in [2.24, 2.45) is 5.92 Å². The summed E-state index contributed by atoms with van der Waals surface area (Å²) in [6.45, 7) is 5.85. The first-order valence-corrected chi connectivity index (χ1v) is 12.8. The quantitative estimate of drug-likeness (QED) is 0.438. The average molecular weight is 479 g/mol. The van der Waals surface area contributed by atoms with Crippen molar-refractivity contribution < 1.29 is 14.3 Å². The maximum Gasteiger partial charge on any atom is 0.223 e. The highest BCUT2D eigenvalue weighted by Crippen LogP contribution is 2.31. The van der Waals surface area contributed by atoms with Crippen molar-refractivity contribution in [2.75, 3.05) is 32.0 Å². The van der Waals surface area contributed by atoms with E-state index < -0.39 is 0 Å². The zero-order chi connectivity index (χ0) is 24.4. The predicted octanol–water partition coefficient (Wildman–Crippen LogP) is 2.78. The first-order valence-electron chi connectivity index (χ1n) is 12.8. The van der Waals surface area contributed by atoms with Crippen molar-refractivity contribution in [3.63, 3.8) is 0 Å². The minimum atomic E-state index is 0.165. The number of nitrogens with zero attached hydrogens (tertiary/aromatic N) is 4. The number of hydrogen-bond donors (Lipinski definition) is 2. The summed E-state index contributed by atoms with van der Waals surface area (Å²) in [7, 11) is 0. The fraction of sp³-hybridized carbons (Fsp3) is 0.538. The molecule has 3 aromatic rings. The van der Waals surface area contributed by atoms with E-state index in [1.807, 2.05) is 24.0 Å². The van der Waals surface area contributed by atoms with E-state index in [1.54, 1.807) is 0 Å². The lowest BCUT2D eigenvalue weighted by molar-refractivity contribution is -0.127. The van der Waals surface area contributed by atoms with E-state index >= 15 is 0 Å². The molecule has 0 spiro atoms. The molecule has 0 bridgehead atoms. The van der Waals surface area contributed by atoms with E-state index in [-0.39, 0.29) is 17.7 Å². The molecule has 1 aromatic carbocycles. The van der Waals surface area contributed by atoms with Crippen LogP contribution in [0.25, 0.3) is 21.9 Å². The molecule has 3 heterocycles. The molecule has 5 rings (SSSR count). The number of aromatic nitrogens is 3. The van der Waals surface area contributed by atoms with Crippen LogP contribution in [0, 0.1) is 5.92 Å². The van der Waals surface area contributed by atoms with Gasteiger partial charge in [-0.2, -0.15) is 0 Å². The number of benzene rings is 1. The second-order valence-corrected chi connectivity index (χ2v) is 9.52. The van der Waals surface area contributed by atoms with E-state index in [2.05, 4.69) is 20.9 Å². The fourth-order valence-electron chi connectivity index (χ4n) is 4.88. The first kappa shape index (κ1) is 23.5. The van der Waals surface area contributed by atoms with Crippen LogP contribution in [0.5, 0.6) is 0 Å². The number of amides is 2. The van der Waals surface area contributed by atoms with Crippen molar-refractivity contribution >= 4 is 39.6 Å². The van der Waals surface area contributed by atoms with Crippen molar-refractivity contribution in [1.29, 1.82) is 0 Å². The summed E-state index contributed by atoms with van der Waals surface area (Å²) in [6, 6.07) is 6.18. The largest absolute Gasteiger partial charge is 0.382 e. The molecule has 0 atom stereocenters. The topological polar surface area (TPSA) is 115 Å². The Labute approximate surface area is 205 Å². The Morgan fingerprint density at radius 2 is 2.11 bits per heavy atom. The van der Waals surface area contributed by atoms with Crippen molar-refractivity contribution in [1.82, 2.24) is 24.8 Å². The maximum absolute atomic E-state index is 12.0. The van der Waals surface area contributed by atoms with Crippen LogP contribution in [0.2, 0.25) is 0 Å². The van der Waals surface area contributed by atoms with Crippen LogP contribution in [-0.4, -0.2) is 57.5 Å². The molecule has 186 valence electrons. The Bertz CT molecular complexity index is 1250. The third-order valence-electron chi connectivity index (χ3n) is 6.92. The molecular weight excluding hydrogens is 444 g/mol. The number of ether oxygens (including phenoxy) is 1. The number of anilines is 1. The molecular formula is C26H34N6O3. The SMILES string of the molecule is CCOCc1nc2c(N)nc3ccc(CCNC(=O)C4CC4)cc3c2n1CCCN1CCCC1=O. The van der Waals surface area contributed by atoms with Crippen LogP contribution in [0.3, 0.4) is 0 Å². The number of likely N-dealkylation sites (tertiary alicyclic amines) is 1. The lowest BCUT2D eigenvalue weighted by Crippen LogP contribution is -2.26. The summed E-state index contributed by atoms with van der Waals surface area (Å²) < 4.78 is 7.90. The van der Waals surface area contributed by atoms with E-state index in [4.69, 9.17) is 15.5 Å². The lowest BCUT2D eigenvalue weighted by Gasteiger charge is -2.17. The average Bonchev–Trinajstić information content (AvgIpc) is 3.53. The molecule has 2 fully saturated rings. The smallest absolute Gasteiger partial charge is 0.223 e. The first-order chi connectivity index (χ1) is 17.0. The Morgan fingerprint density at radius 3 is 2.86 bits per heavy atom. The summed E-state index contributed by atoms with van der Waals surface area (Å²) in [5, 5.41) is 4.04. The summed E-state index contributed by atoms with van der Waals surface area (Å²) in [5.41, 5.74) is 9.93. The van der Waals surface area contributed by atoms with Crippen molar-refractivity contribution in [3.8, 4) is 0 Å². The van der Waals surface area contributed by atoms with Crippen molar-refractivity contribution in [3.05, 3.63) is 29.6 Å². The molecule has 0 unspecified atom stereocenters. The van der Waals surface area contributed by atoms with Gasteiger partial charge in [0, 0.05) is 50.5 Å². The molecule has 1 aliphatic carbocycles. The number of fused-ring (bicyclic) bond motifs is 3. The summed E-state index contributed by atoms with van der Waals surface area (Å²) >= 11 is 0. The van der Waals surface area contributed by atoms with Gasteiger partial charge in [0.2, 0.25) is 11.8 Å². The molecule has 0 radical (unpaired) electrons. The molecule has 9 nitrogen and oxygen atoms in total. The molecule has 2 amide bonds. The number of nitrogen functional groups attached to an aromatic ring is 1. The highest BCUT2D eigenvalue weighted by molar-refractivity contribution is 6.06. The van der Waals surface area contributed by atoms with Gasteiger partial charge in [-0.05, 0) is 56.7 Å². The van der Waals surface area contributed by atoms with Gasteiger partial charge in [0.25, 0.3) is 0 Å². The van der Waals surface area contributed by atoms with Crippen LogP contribution >= 0.6 is 0 Å². The molecule has 2 aromatic heterocycles. The van der Waals surface area contributed by atoms with Crippen LogP contribution in [0.1, 0.15) is 50.4 Å². The molecule has 1 aliphatic heterocycles. The number of imidazole rings is 1. The monoisotopic (exact) mass is 478 g/mol. The number of carbonyl (C=O) groups excluding carboxylic acids is 2. The predicted molar refractivity (Wildman–Crippen MR) is 135 cm³/mol. The number of carbonyl (C=O) groups is 2. The number of rotatable bonds is 11. The van der Waals surface area contributed by atoms with Gasteiger partial charge in [0.05, 0.1) is 11.0 Å². The highest BCUT2D eigenvalue weighted by Gasteiger charge is 2.29. The van der Waals surface area contributed by atoms with Gasteiger partial charge in [-0.3, -0.25) is 9.59 Å². The number of nitrogens with two attached hydrogens (primary N) is 1. The number of hydrogen-bond acceptors (Lipinski definition) is 6. The zero-order valence-corrected chi connectivity index (χ0v) is 20.4. The van der Waals surface area contributed by atoms with E-state index in [0.717, 1.165) is 73.0 Å². The summed E-state index contributed by atoms with van der Waals surface area (Å²) in [6.07, 6.45) is 5.18. The number of pyridine rings is 1. The van der Waals surface area contributed by atoms with E-state index in [9.17, 15) is 9.59 Å². The molecule has 3 N–H and O–H groups in total. The molecule has 35 heavy (non-hydrogen) atoms. The standard InChI is InChI=1S/C26H34N6O3/c1-2-35-16-21-30-23-24(32(21)14-4-13-31-12-3-5-22(31)33)19-15-17(6-9-20(19)29-25(23)27)10-11-28-26(34)18-7-8-18/h6,9,15,18H,2-5,7-8,10-14,16H2,1H3,(H2,27,29)(H,28,34). The van der Waals surface area contributed by atoms with E-state index in [0.29, 0.717) is 44.1 Å². The summed E-state index contributed by atoms with van der Waals surface area (Å²) in [4.78, 5) is 35.4. The molecule has 1 saturated heterocycles. The third-order valence-corrected chi connectivity index (χ3v) is 6.92. The molecule has 1 saturated carbocycles. The Balaban J connectivity index is 1.44. The molecule has 2 aliphatic rings. The van der Waals surface area contributed by atoms with Crippen LogP contribution in [0.15, 0.2) is 18.2 Å². The number of aryl methyl sites for hydroxylation is 1. The third kappa shape index (κ3) is 5.10. The Hall–Kier alpha value is -3.20. The van der Waals surface area contributed by atoms with Gasteiger partial charge in [0.15, 0.2) is 5.82 Å². The molecule has 9 heteroatoms. The Morgan fingerprint density at radius 1 is 1.26 bits per heavy atom. The van der Waals surface area contributed by atoms with Gasteiger partial charge in [0.1, 0.15) is 17.9 Å². The van der Waals surface area contributed by atoms with Gasteiger partial charge < -0.3 is 25.3 Å². The van der Waals surface area contributed by atoms with Gasteiger partial charge in [-0.1, -0.05) is 6.07 Å². The second kappa shape index (κ2) is 10.2. The van der Waals surface area contributed by atoms with Crippen molar-refractivity contribution in [2.45, 2.75) is 58.6 Å². The number of nitrogens with one attached hydrogen (secondary N) is 1. The minimum Gasteiger partial charge on any atom is -0.382 e. The maximum atomic E-state index is 12.0.